The topological polar surface area (TPSA) is 63.0 Å². The molecule has 0 unspecified atom stereocenters. The monoisotopic (exact) mass is 416 g/mol. The number of anilines is 1. The molecule has 2 aliphatic rings. The van der Waals surface area contributed by atoms with Crippen molar-refractivity contribution in [1.29, 1.82) is 0 Å². The molecule has 1 spiro atoms. The SMILES string of the molecule is CCN(CC)c1ccc2c(C)c(CCOC(=O)N3CC4(CSC4)C3)c(=O)oc2c1. The summed E-state index contributed by atoms with van der Waals surface area (Å²) in [6, 6.07) is 6.00. The molecular weight excluding hydrogens is 388 g/mol. The second-order valence-electron chi connectivity index (χ2n) is 8.06. The highest BCUT2D eigenvalue weighted by molar-refractivity contribution is 8.00. The number of ether oxygens (including phenoxy) is 1. The van der Waals surface area contributed by atoms with Gasteiger partial charge < -0.3 is 19.0 Å². The Kier molecular flexibility index (Phi) is 5.51. The van der Waals surface area contributed by atoms with Crippen LogP contribution in [0.5, 0.6) is 0 Å². The molecule has 2 fully saturated rings. The van der Waals surface area contributed by atoms with E-state index in [2.05, 4.69) is 24.8 Å². The van der Waals surface area contributed by atoms with Crippen molar-refractivity contribution < 1.29 is 13.9 Å². The first-order valence-corrected chi connectivity index (χ1v) is 11.4. The van der Waals surface area contributed by atoms with Gasteiger partial charge in [0.1, 0.15) is 5.58 Å². The van der Waals surface area contributed by atoms with Gasteiger partial charge >= 0.3 is 11.7 Å². The van der Waals surface area contributed by atoms with Crippen LogP contribution in [0.4, 0.5) is 10.5 Å². The Hall–Kier alpha value is -2.15. The normalized spacial score (nSPS) is 17.1. The molecule has 0 atom stereocenters. The molecule has 2 saturated heterocycles. The standard InChI is InChI=1S/C22H28N2O4S/c1-4-23(5-2)16-6-7-17-15(3)18(20(25)28-19(17)10-16)8-9-27-21(26)24-11-22(12-24)13-29-14-22/h6-7,10H,4-5,8-9,11-14H2,1-3H3. The van der Waals surface area contributed by atoms with Gasteiger partial charge in [0, 0.05) is 72.2 Å². The predicted molar refractivity (Wildman–Crippen MR) is 117 cm³/mol. The molecule has 156 valence electrons. The molecule has 4 rings (SSSR count). The van der Waals surface area contributed by atoms with E-state index >= 15 is 0 Å². The molecule has 0 N–H and O–H groups in total. The molecule has 0 saturated carbocycles. The lowest BCUT2D eigenvalue weighted by molar-refractivity contribution is 0.0168. The smallest absolute Gasteiger partial charge is 0.409 e. The maximum absolute atomic E-state index is 12.5. The molecule has 3 heterocycles. The minimum absolute atomic E-state index is 0.186. The van der Waals surface area contributed by atoms with Crippen molar-refractivity contribution >= 4 is 34.5 Å². The van der Waals surface area contributed by atoms with E-state index < -0.39 is 0 Å². The molecular formula is C22H28N2O4S. The number of likely N-dealkylation sites (tertiary alicyclic amines) is 1. The number of hydrogen-bond acceptors (Lipinski definition) is 6. The minimum Gasteiger partial charge on any atom is -0.449 e. The van der Waals surface area contributed by atoms with Crippen molar-refractivity contribution in [2.24, 2.45) is 5.41 Å². The first kappa shape index (κ1) is 20.1. The third-order valence-electron chi connectivity index (χ3n) is 6.10. The maximum Gasteiger partial charge on any atom is 0.409 e. The molecule has 1 amide bonds. The van der Waals surface area contributed by atoms with Crippen LogP contribution in [-0.2, 0) is 11.2 Å². The predicted octanol–water partition coefficient (Wildman–Crippen LogP) is 3.68. The lowest BCUT2D eigenvalue weighted by Crippen LogP contribution is -2.64. The van der Waals surface area contributed by atoms with Crippen molar-refractivity contribution in [1.82, 2.24) is 4.90 Å². The van der Waals surface area contributed by atoms with Gasteiger partial charge in [-0.1, -0.05) is 0 Å². The third-order valence-corrected chi connectivity index (χ3v) is 7.74. The van der Waals surface area contributed by atoms with Crippen molar-refractivity contribution in [2.75, 3.05) is 49.2 Å². The molecule has 2 aliphatic heterocycles. The molecule has 0 aliphatic carbocycles. The number of fused-ring (bicyclic) bond motifs is 1. The Balaban J connectivity index is 1.42. The van der Waals surface area contributed by atoms with E-state index in [-0.39, 0.29) is 18.3 Å². The number of carbonyl (C=O) groups excluding carboxylic acids is 1. The third kappa shape index (κ3) is 3.72. The summed E-state index contributed by atoms with van der Waals surface area (Å²) >= 11 is 1.93. The fourth-order valence-electron chi connectivity index (χ4n) is 4.25. The van der Waals surface area contributed by atoms with Crippen molar-refractivity contribution in [3.05, 3.63) is 39.7 Å². The molecule has 0 radical (unpaired) electrons. The lowest BCUT2D eigenvalue weighted by Gasteiger charge is -2.54. The lowest BCUT2D eigenvalue weighted by atomic mass is 9.83. The molecule has 29 heavy (non-hydrogen) atoms. The minimum atomic E-state index is -0.350. The van der Waals surface area contributed by atoms with Gasteiger partial charge in [-0.25, -0.2) is 9.59 Å². The second kappa shape index (κ2) is 7.94. The quantitative estimate of drug-likeness (QED) is 0.670. The average molecular weight is 417 g/mol. The van der Waals surface area contributed by atoms with Crippen LogP contribution in [0.3, 0.4) is 0 Å². The summed E-state index contributed by atoms with van der Waals surface area (Å²) in [7, 11) is 0. The highest BCUT2D eigenvalue weighted by Crippen LogP contribution is 2.45. The van der Waals surface area contributed by atoms with Crippen molar-refractivity contribution in [2.45, 2.75) is 27.2 Å². The summed E-state index contributed by atoms with van der Waals surface area (Å²) in [5, 5.41) is 0.925. The number of nitrogens with zero attached hydrogens (tertiary/aromatic N) is 2. The number of thioether (sulfide) groups is 1. The number of aryl methyl sites for hydroxylation is 1. The highest BCUT2D eigenvalue weighted by atomic mass is 32.2. The fraction of sp³-hybridized carbons (Fsp3) is 0.545. The van der Waals surface area contributed by atoms with E-state index in [1.165, 1.54) is 0 Å². The molecule has 2 aromatic rings. The summed E-state index contributed by atoms with van der Waals surface area (Å²) in [6.07, 6.45) is 0.0851. The molecule has 1 aromatic heterocycles. The van der Waals surface area contributed by atoms with Gasteiger partial charge in [-0.15, -0.1) is 0 Å². The van der Waals surface area contributed by atoms with Crippen LogP contribution < -0.4 is 10.5 Å². The largest absolute Gasteiger partial charge is 0.449 e. The van der Waals surface area contributed by atoms with Crippen LogP contribution in [0.2, 0.25) is 0 Å². The van der Waals surface area contributed by atoms with Gasteiger partial charge in [-0.2, -0.15) is 11.8 Å². The van der Waals surface area contributed by atoms with Gasteiger partial charge in [0.2, 0.25) is 0 Å². The summed E-state index contributed by atoms with van der Waals surface area (Å²) < 4.78 is 11.0. The van der Waals surface area contributed by atoms with E-state index in [0.29, 0.717) is 23.0 Å². The summed E-state index contributed by atoms with van der Waals surface area (Å²) in [6.45, 7) is 9.70. The maximum atomic E-state index is 12.5. The Labute approximate surface area is 175 Å². The van der Waals surface area contributed by atoms with Crippen LogP contribution in [0, 0.1) is 12.3 Å². The number of hydrogen-bond donors (Lipinski definition) is 0. The highest BCUT2D eigenvalue weighted by Gasteiger charge is 2.50. The van der Waals surface area contributed by atoms with Gasteiger partial charge in [-0.3, -0.25) is 0 Å². The first-order valence-electron chi connectivity index (χ1n) is 10.3. The summed E-state index contributed by atoms with van der Waals surface area (Å²) in [4.78, 5) is 28.7. The van der Waals surface area contributed by atoms with Crippen molar-refractivity contribution in [3.63, 3.8) is 0 Å². The summed E-state index contributed by atoms with van der Waals surface area (Å²) in [5.41, 5.74) is 3.12. The van der Waals surface area contributed by atoms with Crippen LogP contribution in [-0.4, -0.2) is 55.3 Å². The van der Waals surface area contributed by atoms with E-state index in [1.54, 1.807) is 4.90 Å². The van der Waals surface area contributed by atoms with Gasteiger partial charge in [0.25, 0.3) is 0 Å². The number of rotatable bonds is 6. The van der Waals surface area contributed by atoms with Crippen LogP contribution in [0.25, 0.3) is 11.0 Å². The molecule has 0 bridgehead atoms. The Morgan fingerprint density at radius 3 is 2.62 bits per heavy atom. The Morgan fingerprint density at radius 2 is 2.00 bits per heavy atom. The zero-order chi connectivity index (χ0) is 20.6. The van der Waals surface area contributed by atoms with Crippen molar-refractivity contribution in [3.8, 4) is 0 Å². The van der Waals surface area contributed by atoms with Crippen LogP contribution in [0.1, 0.15) is 25.0 Å². The second-order valence-corrected chi connectivity index (χ2v) is 9.04. The van der Waals surface area contributed by atoms with Gasteiger partial charge in [-0.05, 0) is 38.5 Å². The van der Waals surface area contributed by atoms with Crippen LogP contribution in [0.15, 0.2) is 27.4 Å². The number of benzene rings is 1. The Morgan fingerprint density at radius 1 is 1.28 bits per heavy atom. The average Bonchev–Trinajstić information content (AvgIpc) is 2.63. The van der Waals surface area contributed by atoms with Crippen LogP contribution >= 0.6 is 11.8 Å². The van der Waals surface area contributed by atoms with E-state index in [9.17, 15) is 9.59 Å². The van der Waals surface area contributed by atoms with Gasteiger partial charge in [0.05, 0.1) is 6.61 Å². The van der Waals surface area contributed by atoms with E-state index in [1.807, 2.05) is 30.8 Å². The number of carbonyl (C=O) groups is 1. The fourth-order valence-corrected chi connectivity index (χ4v) is 5.40. The molecule has 1 aromatic carbocycles. The Bertz CT molecular complexity index is 971. The van der Waals surface area contributed by atoms with E-state index in [4.69, 9.17) is 9.15 Å². The molecule has 7 heteroatoms. The van der Waals surface area contributed by atoms with E-state index in [0.717, 1.165) is 54.3 Å². The first-order chi connectivity index (χ1) is 14.0. The number of amides is 1. The van der Waals surface area contributed by atoms with Gasteiger partial charge in [0.15, 0.2) is 0 Å². The zero-order valence-corrected chi connectivity index (χ0v) is 18.1. The molecule has 6 nitrogen and oxygen atoms in total. The zero-order valence-electron chi connectivity index (χ0n) is 17.3. The summed E-state index contributed by atoms with van der Waals surface area (Å²) in [5.74, 6) is 2.29.